The van der Waals surface area contributed by atoms with Crippen LogP contribution < -0.4 is 4.90 Å². The molecule has 0 aliphatic carbocycles. The van der Waals surface area contributed by atoms with Crippen molar-refractivity contribution < 1.29 is 14.7 Å². The Morgan fingerprint density at radius 1 is 0.906 bits per heavy atom. The van der Waals surface area contributed by atoms with Crippen LogP contribution in [0.2, 0.25) is 0 Å². The number of nitrogens with zero attached hydrogens (tertiary/aromatic N) is 2. The summed E-state index contributed by atoms with van der Waals surface area (Å²) in [5.74, 6) is -1.05. The van der Waals surface area contributed by atoms with E-state index >= 15 is 0 Å². The van der Waals surface area contributed by atoms with Gasteiger partial charge in [0, 0.05) is 10.6 Å². The molecule has 0 unspecified atom stereocenters. The van der Waals surface area contributed by atoms with Crippen LogP contribution in [0.15, 0.2) is 71.6 Å². The number of anilines is 1. The van der Waals surface area contributed by atoms with Crippen molar-refractivity contribution in [1.82, 2.24) is 4.31 Å². The molecule has 0 spiro atoms. The average Bonchev–Trinajstić information content (AvgIpc) is 2.75. The standard InChI is InChI=1S/C26H28N2O3S/c1-18-14-19(2)25(20(3)15-18)32-27(4)17-24(29)28(16-21-8-6-5-7-9-21)23-12-10-22(11-13-23)26(30)31/h5-15H,16-17H2,1-4H3,(H,30,31). The molecule has 3 aromatic carbocycles. The molecule has 1 amide bonds. The first-order chi connectivity index (χ1) is 15.2. The van der Waals surface area contributed by atoms with Gasteiger partial charge in [0.1, 0.15) is 0 Å². The molecule has 32 heavy (non-hydrogen) atoms. The predicted molar refractivity (Wildman–Crippen MR) is 130 cm³/mol. The molecule has 0 aromatic heterocycles. The van der Waals surface area contributed by atoms with Crippen LogP contribution >= 0.6 is 11.9 Å². The highest BCUT2D eigenvalue weighted by Crippen LogP contribution is 2.30. The van der Waals surface area contributed by atoms with Crippen molar-refractivity contribution >= 4 is 29.5 Å². The number of hydrogen-bond acceptors (Lipinski definition) is 4. The van der Waals surface area contributed by atoms with Crippen LogP contribution in [0, 0.1) is 20.8 Å². The minimum absolute atomic E-state index is 0.0608. The number of rotatable bonds is 8. The summed E-state index contributed by atoms with van der Waals surface area (Å²) < 4.78 is 1.94. The SMILES string of the molecule is Cc1cc(C)c(SN(C)CC(=O)N(Cc2ccccc2)c2ccc(C(=O)O)cc2)c(C)c1. The van der Waals surface area contributed by atoms with Crippen molar-refractivity contribution in [2.75, 3.05) is 18.5 Å². The number of hydrogen-bond donors (Lipinski definition) is 1. The number of benzene rings is 3. The van der Waals surface area contributed by atoms with Crippen LogP contribution in [0.5, 0.6) is 0 Å². The van der Waals surface area contributed by atoms with Gasteiger partial charge in [0.15, 0.2) is 0 Å². The monoisotopic (exact) mass is 448 g/mol. The van der Waals surface area contributed by atoms with Crippen molar-refractivity contribution in [2.45, 2.75) is 32.2 Å². The fourth-order valence-electron chi connectivity index (χ4n) is 3.65. The molecule has 0 saturated heterocycles. The van der Waals surface area contributed by atoms with Crippen LogP contribution in [-0.2, 0) is 11.3 Å². The van der Waals surface area contributed by atoms with Gasteiger partial charge in [-0.05, 0) is 80.7 Å². The van der Waals surface area contributed by atoms with Crippen molar-refractivity contribution in [1.29, 1.82) is 0 Å². The van der Waals surface area contributed by atoms with Gasteiger partial charge in [0.2, 0.25) is 5.91 Å². The number of carboxylic acids is 1. The molecule has 166 valence electrons. The Bertz CT molecular complexity index is 1070. The van der Waals surface area contributed by atoms with E-state index in [4.69, 9.17) is 0 Å². The normalized spacial score (nSPS) is 10.9. The van der Waals surface area contributed by atoms with E-state index in [1.54, 1.807) is 29.0 Å². The van der Waals surface area contributed by atoms with E-state index in [2.05, 4.69) is 32.9 Å². The lowest BCUT2D eigenvalue weighted by Crippen LogP contribution is -2.37. The summed E-state index contributed by atoms with van der Waals surface area (Å²) in [7, 11) is 1.91. The van der Waals surface area contributed by atoms with E-state index in [0.717, 1.165) is 10.5 Å². The van der Waals surface area contributed by atoms with Gasteiger partial charge in [-0.2, -0.15) is 0 Å². The van der Waals surface area contributed by atoms with Crippen LogP contribution in [0.3, 0.4) is 0 Å². The minimum atomic E-state index is -0.988. The predicted octanol–water partition coefficient (Wildman–Crippen LogP) is 5.48. The highest BCUT2D eigenvalue weighted by Gasteiger charge is 2.20. The van der Waals surface area contributed by atoms with Gasteiger partial charge in [-0.25, -0.2) is 9.10 Å². The molecule has 0 fully saturated rings. The van der Waals surface area contributed by atoms with E-state index in [9.17, 15) is 14.7 Å². The van der Waals surface area contributed by atoms with Gasteiger partial charge in [-0.15, -0.1) is 0 Å². The number of carbonyl (C=O) groups excluding carboxylic acids is 1. The van der Waals surface area contributed by atoms with Gasteiger partial charge >= 0.3 is 5.97 Å². The largest absolute Gasteiger partial charge is 0.478 e. The molecule has 0 atom stereocenters. The van der Waals surface area contributed by atoms with Crippen LogP contribution in [0.4, 0.5) is 5.69 Å². The van der Waals surface area contributed by atoms with E-state index in [0.29, 0.717) is 12.2 Å². The van der Waals surface area contributed by atoms with E-state index in [1.165, 1.54) is 28.8 Å². The number of aryl methyl sites for hydroxylation is 3. The molecule has 0 saturated carbocycles. The van der Waals surface area contributed by atoms with Crippen molar-refractivity contribution in [3.8, 4) is 0 Å². The van der Waals surface area contributed by atoms with Crippen LogP contribution in [0.1, 0.15) is 32.6 Å². The summed E-state index contributed by atoms with van der Waals surface area (Å²) in [6.07, 6.45) is 0. The van der Waals surface area contributed by atoms with Gasteiger partial charge in [0.05, 0.1) is 18.7 Å². The fourth-order valence-corrected chi connectivity index (χ4v) is 4.54. The summed E-state index contributed by atoms with van der Waals surface area (Å²) in [4.78, 5) is 27.4. The Morgan fingerprint density at radius 3 is 2.06 bits per heavy atom. The Hall–Kier alpha value is -3.09. The lowest BCUT2D eigenvalue weighted by molar-refractivity contribution is -0.118. The molecule has 0 radical (unpaired) electrons. The summed E-state index contributed by atoms with van der Waals surface area (Å²) in [6, 6.07) is 20.5. The Balaban J connectivity index is 1.80. The van der Waals surface area contributed by atoms with Crippen molar-refractivity contribution in [2.24, 2.45) is 0 Å². The first-order valence-corrected chi connectivity index (χ1v) is 11.2. The van der Waals surface area contributed by atoms with Gasteiger partial charge in [-0.1, -0.05) is 48.0 Å². The summed E-state index contributed by atoms with van der Waals surface area (Å²) in [5, 5.41) is 9.19. The highest BCUT2D eigenvalue weighted by atomic mass is 32.2. The van der Waals surface area contributed by atoms with Crippen molar-refractivity contribution in [3.63, 3.8) is 0 Å². The zero-order valence-electron chi connectivity index (χ0n) is 18.8. The van der Waals surface area contributed by atoms with Gasteiger partial charge < -0.3 is 10.0 Å². The molecule has 0 aliphatic heterocycles. The van der Waals surface area contributed by atoms with Gasteiger partial charge in [0.25, 0.3) is 0 Å². The number of likely N-dealkylation sites (N-methyl/N-ethyl adjacent to an activating group) is 1. The maximum atomic E-state index is 13.3. The Kier molecular flexibility index (Phi) is 7.72. The molecule has 1 N–H and O–H groups in total. The second kappa shape index (κ2) is 10.5. The maximum Gasteiger partial charge on any atom is 0.335 e. The van der Waals surface area contributed by atoms with E-state index < -0.39 is 5.97 Å². The second-order valence-electron chi connectivity index (χ2n) is 7.92. The molecule has 5 nitrogen and oxygen atoms in total. The minimum Gasteiger partial charge on any atom is -0.478 e. The summed E-state index contributed by atoms with van der Waals surface area (Å²) in [6.45, 7) is 6.88. The first kappa shape index (κ1) is 23.6. The lowest BCUT2D eigenvalue weighted by atomic mass is 10.1. The highest BCUT2D eigenvalue weighted by molar-refractivity contribution is 7.97. The molecule has 6 heteroatoms. The van der Waals surface area contributed by atoms with Gasteiger partial charge in [-0.3, -0.25) is 4.79 Å². The second-order valence-corrected chi connectivity index (χ2v) is 9.14. The van der Waals surface area contributed by atoms with Crippen LogP contribution in [-0.4, -0.2) is 34.9 Å². The number of carbonyl (C=O) groups is 2. The topological polar surface area (TPSA) is 60.9 Å². The Labute approximate surface area is 193 Å². The fraction of sp³-hybridized carbons (Fsp3) is 0.231. The average molecular weight is 449 g/mol. The summed E-state index contributed by atoms with van der Waals surface area (Å²) in [5.41, 5.74) is 5.48. The molecular weight excluding hydrogens is 420 g/mol. The Morgan fingerprint density at radius 2 is 1.50 bits per heavy atom. The smallest absolute Gasteiger partial charge is 0.335 e. The zero-order chi connectivity index (χ0) is 23.3. The van der Waals surface area contributed by atoms with Crippen molar-refractivity contribution in [3.05, 3.63) is 94.5 Å². The number of carboxylic acid groups (broad SMARTS) is 1. The molecule has 0 aliphatic rings. The lowest BCUT2D eigenvalue weighted by Gasteiger charge is -2.26. The third-order valence-corrected chi connectivity index (χ3v) is 6.39. The molecule has 3 rings (SSSR count). The van der Waals surface area contributed by atoms with E-state index in [-0.39, 0.29) is 18.0 Å². The van der Waals surface area contributed by atoms with Crippen LogP contribution in [0.25, 0.3) is 0 Å². The molecule has 0 bridgehead atoms. The number of amides is 1. The summed E-state index contributed by atoms with van der Waals surface area (Å²) >= 11 is 1.57. The van der Waals surface area contributed by atoms with E-state index in [1.807, 2.05) is 41.7 Å². The number of aromatic carboxylic acids is 1. The molecule has 0 heterocycles. The third kappa shape index (κ3) is 5.99. The third-order valence-electron chi connectivity index (χ3n) is 5.12. The first-order valence-electron chi connectivity index (χ1n) is 10.4. The zero-order valence-corrected chi connectivity index (χ0v) is 19.6. The maximum absolute atomic E-state index is 13.3. The quantitative estimate of drug-likeness (QED) is 0.462. The molecular formula is C26H28N2O3S. The molecule has 3 aromatic rings.